The van der Waals surface area contributed by atoms with Crippen molar-refractivity contribution >= 4 is 69.1 Å². The second kappa shape index (κ2) is 19.0. The Bertz CT molecular complexity index is 2030. The molecule has 6 rings (SSSR count). The number of anilines is 4. The van der Waals surface area contributed by atoms with Gasteiger partial charge in [-0.25, -0.2) is 5.48 Å². The molecule has 0 aliphatic carbocycles. The van der Waals surface area contributed by atoms with Crippen LogP contribution in [0.25, 0.3) is 20.9 Å². The summed E-state index contributed by atoms with van der Waals surface area (Å²) in [4.78, 5) is 49.6. The molecular formula is C41H39N5O6S2. The topological polar surface area (TPSA) is 186 Å². The Morgan fingerprint density at radius 2 is 1.07 bits per heavy atom. The van der Waals surface area contributed by atoms with Gasteiger partial charge in [0, 0.05) is 33.7 Å². The van der Waals surface area contributed by atoms with E-state index >= 15 is 0 Å². The predicted molar refractivity (Wildman–Crippen MR) is 216 cm³/mol. The summed E-state index contributed by atoms with van der Waals surface area (Å²) in [5, 5.41) is 18.2. The summed E-state index contributed by atoms with van der Waals surface area (Å²) >= 11 is 3.25. The number of nitrogen functional groups attached to an aromatic ring is 2. The summed E-state index contributed by atoms with van der Waals surface area (Å²) in [5.41, 5.74) is 20.7. The minimum atomic E-state index is -0.446. The number of esters is 1. The van der Waals surface area contributed by atoms with Gasteiger partial charge < -0.3 is 26.8 Å². The first-order valence-corrected chi connectivity index (χ1v) is 18.6. The number of thiophene rings is 2. The van der Waals surface area contributed by atoms with Crippen molar-refractivity contribution in [3.05, 3.63) is 142 Å². The van der Waals surface area contributed by atoms with Crippen LogP contribution >= 0.6 is 22.7 Å². The van der Waals surface area contributed by atoms with Crippen LogP contribution in [0, 0.1) is 0 Å². The van der Waals surface area contributed by atoms with Crippen LogP contribution in [0.3, 0.4) is 0 Å². The number of rotatable bonds is 12. The first-order chi connectivity index (χ1) is 26.1. The lowest BCUT2D eigenvalue weighted by Crippen LogP contribution is -2.18. The number of nitrogens with two attached hydrogens (primary N) is 2. The molecule has 0 unspecified atom stereocenters. The largest absolute Gasteiger partial charge is 0.469 e. The van der Waals surface area contributed by atoms with E-state index in [0.29, 0.717) is 53.1 Å². The van der Waals surface area contributed by atoms with Crippen LogP contribution in [0.15, 0.2) is 120 Å². The van der Waals surface area contributed by atoms with Gasteiger partial charge in [0.15, 0.2) is 0 Å². The van der Waals surface area contributed by atoms with E-state index in [4.69, 9.17) is 16.7 Å². The molecule has 2 aromatic heterocycles. The Labute approximate surface area is 320 Å². The molecule has 0 bridgehead atoms. The summed E-state index contributed by atoms with van der Waals surface area (Å²) < 4.78 is 4.63. The van der Waals surface area contributed by atoms with Crippen molar-refractivity contribution in [2.45, 2.75) is 25.7 Å². The summed E-state index contributed by atoms with van der Waals surface area (Å²) in [5.74, 6) is -1.19. The highest BCUT2D eigenvalue weighted by atomic mass is 32.1. The number of hydroxylamine groups is 1. The average Bonchev–Trinajstić information content (AvgIpc) is 3.95. The highest BCUT2D eigenvalue weighted by Crippen LogP contribution is 2.32. The Kier molecular flexibility index (Phi) is 13.7. The molecular weight excluding hydrogens is 723 g/mol. The number of methoxy groups -OCH3 is 1. The van der Waals surface area contributed by atoms with Crippen LogP contribution in [0.2, 0.25) is 0 Å². The van der Waals surface area contributed by atoms with Gasteiger partial charge in [-0.05, 0) is 107 Å². The van der Waals surface area contributed by atoms with Crippen LogP contribution in [-0.4, -0.2) is 36.0 Å². The van der Waals surface area contributed by atoms with Gasteiger partial charge >= 0.3 is 5.97 Å². The summed E-state index contributed by atoms with van der Waals surface area (Å²) in [6.07, 6.45) is 1.54. The van der Waals surface area contributed by atoms with Crippen molar-refractivity contribution in [2.75, 3.05) is 29.2 Å². The summed E-state index contributed by atoms with van der Waals surface area (Å²) in [6.45, 7) is 0. The van der Waals surface area contributed by atoms with Crippen molar-refractivity contribution < 1.29 is 29.1 Å². The van der Waals surface area contributed by atoms with Gasteiger partial charge in [-0.2, -0.15) is 0 Å². The lowest BCUT2D eigenvalue weighted by atomic mass is 10.1. The second-order valence-corrected chi connectivity index (χ2v) is 13.9. The smallest absolute Gasteiger partial charge is 0.305 e. The maximum Gasteiger partial charge on any atom is 0.305 e. The molecule has 0 saturated heterocycles. The second-order valence-electron chi connectivity index (χ2n) is 12.0. The van der Waals surface area contributed by atoms with Crippen molar-refractivity contribution in [3.8, 4) is 20.9 Å². The number of carbonyl (C=O) groups excluding carboxylic acids is 4. The molecule has 4 aromatic carbocycles. The maximum absolute atomic E-state index is 12.5. The van der Waals surface area contributed by atoms with E-state index in [2.05, 4.69) is 15.4 Å². The number of amides is 3. The van der Waals surface area contributed by atoms with E-state index < -0.39 is 5.91 Å². The molecule has 6 aromatic rings. The standard InChI is InChI=1S/C21H20N2O3S.C20H19N3O3S/c1-26-20(24)11-6-14-4-7-15(8-5-14)21(25)23-18-13-16(9-10-17(18)22)19-3-2-12-27-19;21-16-9-8-15(18-2-1-11-27-18)12-17(16)22-20(25)14-6-3-13(4-7-14)5-10-19(24)23-26/h2-5,7-10,12-13H,6,11,22H2,1H3,(H,23,25);1-4,6-9,11-12,26H,5,10,21H2,(H,22,25)(H,23,24). The van der Waals surface area contributed by atoms with E-state index in [1.54, 1.807) is 76.7 Å². The van der Waals surface area contributed by atoms with E-state index in [1.807, 2.05) is 71.4 Å². The van der Waals surface area contributed by atoms with Crippen molar-refractivity contribution in [1.29, 1.82) is 0 Å². The zero-order chi connectivity index (χ0) is 38.5. The van der Waals surface area contributed by atoms with Crippen molar-refractivity contribution in [1.82, 2.24) is 5.48 Å². The molecule has 54 heavy (non-hydrogen) atoms. The minimum Gasteiger partial charge on any atom is -0.469 e. The highest BCUT2D eigenvalue weighted by Gasteiger charge is 2.12. The number of nitrogens with one attached hydrogen (secondary N) is 3. The molecule has 11 nitrogen and oxygen atoms in total. The SMILES string of the molecule is COC(=O)CCc1ccc(C(=O)Nc2cc(-c3cccs3)ccc2N)cc1.Nc1ccc(-c2cccs2)cc1NC(=O)c1ccc(CCC(=O)NO)cc1. The summed E-state index contributed by atoms with van der Waals surface area (Å²) in [7, 11) is 1.37. The van der Waals surface area contributed by atoms with E-state index in [9.17, 15) is 19.2 Å². The molecule has 0 aliphatic rings. The van der Waals surface area contributed by atoms with Gasteiger partial charge in [-0.15, -0.1) is 22.7 Å². The van der Waals surface area contributed by atoms with E-state index in [1.165, 1.54) is 7.11 Å². The summed E-state index contributed by atoms with van der Waals surface area (Å²) in [6, 6.07) is 33.3. The zero-order valence-corrected chi connectivity index (χ0v) is 31.0. The van der Waals surface area contributed by atoms with E-state index in [-0.39, 0.29) is 24.2 Å². The lowest BCUT2D eigenvalue weighted by Gasteiger charge is -2.10. The minimum absolute atomic E-state index is 0.175. The zero-order valence-electron chi connectivity index (χ0n) is 29.3. The Morgan fingerprint density at radius 3 is 1.46 bits per heavy atom. The van der Waals surface area contributed by atoms with Gasteiger partial charge in [-0.3, -0.25) is 24.4 Å². The first kappa shape index (κ1) is 38.9. The third kappa shape index (κ3) is 10.9. The molecule has 0 radical (unpaired) electrons. The fourth-order valence-electron chi connectivity index (χ4n) is 5.22. The molecule has 3 amide bonds. The lowest BCUT2D eigenvalue weighted by molar-refractivity contribution is -0.140. The number of aryl methyl sites for hydroxylation is 2. The highest BCUT2D eigenvalue weighted by molar-refractivity contribution is 7.13. The number of carbonyl (C=O) groups is 4. The average molecular weight is 762 g/mol. The third-order valence-corrected chi connectivity index (χ3v) is 10.1. The van der Waals surface area contributed by atoms with Crippen molar-refractivity contribution in [3.63, 3.8) is 0 Å². The number of ether oxygens (including phenoxy) is 1. The Morgan fingerprint density at radius 1 is 0.630 bits per heavy atom. The molecule has 13 heteroatoms. The normalized spacial score (nSPS) is 10.4. The van der Waals surface area contributed by atoms with Gasteiger partial charge in [-0.1, -0.05) is 48.5 Å². The van der Waals surface area contributed by atoms with Crippen LogP contribution in [0.5, 0.6) is 0 Å². The third-order valence-electron chi connectivity index (χ3n) is 8.26. The maximum atomic E-state index is 12.5. The molecule has 0 saturated carbocycles. The van der Waals surface area contributed by atoms with Crippen LogP contribution in [-0.2, 0) is 27.2 Å². The molecule has 276 valence electrons. The van der Waals surface area contributed by atoms with Crippen LogP contribution in [0.1, 0.15) is 44.7 Å². The van der Waals surface area contributed by atoms with E-state index in [0.717, 1.165) is 32.0 Å². The Balaban J connectivity index is 0.000000208. The molecule has 0 spiro atoms. The van der Waals surface area contributed by atoms with Crippen LogP contribution in [0.4, 0.5) is 22.7 Å². The fraction of sp³-hybridized carbons (Fsp3) is 0.122. The monoisotopic (exact) mass is 761 g/mol. The molecule has 0 atom stereocenters. The number of hydrogen-bond donors (Lipinski definition) is 6. The number of benzene rings is 4. The van der Waals surface area contributed by atoms with Gasteiger partial charge in [0.2, 0.25) is 5.91 Å². The van der Waals surface area contributed by atoms with Gasteiger partial charge in [0.1, 0.15) is 0 Å². The van der Waals surface area contributed by atoms with Crippen molar-refractivity contribution in [2.24, 2.45) is 0 Å². The quantitative estimate of drug-likeness (QED) is 0.0313. The van der Waals surface area contributed by atoms with Crippen LogP contribution < -0.4 is 27.6 Å². The van der Waals surface area contributed by atoms with Gasteiger partial charge in [0.05, 0.1) is 29.9 Å². The Hall–Kier alpha value is -6.28. The first-order valence-electron chi connectivity index (χ1n) is 16.8. The van der Waals surface area contributed by atoms with Gasteiger partial charge in [0.25, 0.3) is 11.8 Å². The predicted octanol–water partition coefficient (Wildman–Crippen LogP) is 8.04. The molecule has 0 fully saturated rings. The fourth-order valence-corrected chi connectivity index (χ4v) is 6.67. The molecule has 8 N–H and O–H groups in total. The molecule has 2 heterocycles. The number of hydrogen-bond acceptors (Lipinski definition) is 10. The molecule has 0 aliphatic heterocycles.